The van der Waals surface area contributed by atoms with Crippen LogP contribution in [0.4, 0.5) is 0 Å². The van der Waals surface area contributed by atoms with Crippen molar-refractivity contribution < 1.29 is 0 Å². The second-order valence-electron chi connectivity index (χ2n) is 8.23. The van der Waals surface area contributed by atoms with Crippen molar-refractivity contribution in [2.75, 3.05) is 0 Å². The third-order valence-electron chi connectivity index (χ3n) is 5.90. The van der Waals surface area contributed by atoms with Crippen LogP contribution < -0.4 is 5.73 Å². The number of benzene rings is 1. The Labute approximate surface area is 142 Å². The molecule has 0 amide bonds. The SMILES string of the molecule is CCC/C=C\C[C@@H]1CCc2cc([C@H]3CC[C@@](C)(N)C3)ccc2C1. The van der Waals surface area contributed by atoms with Crippen LogP contribution in [0, 0.1) is 5.92 Å². The molecule has 0 radical (unpaired) electrons. The van der Waals surface area contributed by atoms with Gasteiger partial charge in [0, 0.05) is 5.54 Å². The minimum absolute atomic E-state index is 0.0521. The quantitative estimate of drug-likeness (QED) is 0.712. The van der Waals surface area contributed by atoms with Crippen molar-refractivity contribution in [3.05, 3.63) is 47.0 Å². The lowest BCUT2D eigenvalue weighted by atomic mass is 9.80. The highest BCUT2D eigenvalue weighted by Crippen LogP contribution is 2.40. The summed E-state index contributed by atoms with van der Waals surface area (Å²) in [5, 5.41) is 0. The Kier molecular flexibility index (Phi) is 5.26. The molecular formula is C22H33N. The molecular weight excluding hydrogens is 278 g/mol. The second kappa shape index (κ2) is 7.21. The summed E-state index contributed by atoms with van der Waals surface area (Å²) in [6.07, 6.45) is 16.0. The van der Waals surface area contributed by atoms with Crippen LogP contribution >= 0.6 is 0 Å². The van der Waals surface area contributed by atoms with E-state index in [-0.39, 0.29) is 5.54 Å². The molecule has 3 atom stereocenters. The van der Waals surface area contributed by atoms with Gasteiger partial charge in [0.25, 0.3) is 0 Å². The molecule has 1 fully saturated rings. The fourth-order valence-corrected chi connectivity index (χ4v) is 4.43. The molecule has 0 spiro atoms. The van der Waals surface area contributed by atoms with Crippen LogP contribution in [-0.4, -0.2) is 5.54 Å². The van der Waals surface area contributed by atoms with Gasteiger partial charge in [-0.25, -0.2) is 0 Å². The van der Waals surface area contributed by atoms with Crippen LogP contribution in [0.3, 0.4) is 0 Å². The topological polar surface area (TPSA) is 26.0 Å². The molecule has 1 nitrogen and oxygen atoms in total. The first kappa shape index (κ1) is 16.8. The molecule has 2 N–H and O–H groups in total. The Morgan fingerprint density at radius 3 is 2.83 bits per heavy atom. The van der Waals surface area contributed by atoms with Crippen molar-refractivity contribution >= 4 is 0 Å². The zero-order valence-electron chi connectivity index (χ0n) is 15.0. The van der Waals surface area contributed by atoms with Crippen LogP contribution in [0.15, 0.2) is 30.4 Å². The van der Waals surface area contributed by atoms with Crippen LogP contribution in [0.1, 0.15) is 81.4 Å². The van der Waals surface area contributed by atoms with Gasteiger partial charge >= 0.3 is 0 Å². The Morgan fingerprint density at radius 2 is 2.09 bits per heavy atom. The van der Waals surface area contributed by atoms with Crippen molar-refractivity contribution in [2.24, 2.45) is 11.7 Å². The number of rotatable bonds is 5. The molecule has 3 rings (SSSR count). The first-order valence-electron chi connectivity index (χ1n) is 9.63. The average Bonchev–Trinajstić information content (AvgIpc) is 2.91. The lowest BCUT2D eigenvalue weighted by molar-refractivity contribution is 0.462. The molecule has 23 heavy (non-hydrogen) atoms. The molecule has 1 aromatic carbocycles. The molecule has 1 heteroatoms. The summed E-state index contributed by atoms with van der Waals surface area (Å²) in [4.78, 5) is 0. The smallest absolute Gasteiger partial charge is 0.0131 e. The summed E-state index contributed by atoms with van der Waals surface area (Å²) in [6, 6.07) is 7.31. The maximum atomic E-state index is 6.32. The van der Waals surface area contributed by atoms with E-state index in [1.807, 2.05) is 0 Å². The highest BCUT2D eigenvalue weighted by molar-refractivity contribution is 5.36. The van der Waals surface area contributed by atoms with Crippen LogP contribution in [0.5, 0.6) is 0 Å². The highest BCUT2D eigenvalue weighted by Gasteiger charge is 2.32. The molecule has 0 unspecified atom stereocenters. The van der Waals surface area contributed by atoms with Gasteiger partial charge in [-0.2, -0.15) is 0 Å². The first-order valence-corrected chi connectivity index (χ1v) is 9.63. The Bertz CT molecular complexity index is 555. The van der Waals surface area contributed by atoms with E-state index >= 15 is 0 Å². The van der Waals surface area contributed by atoms with Gasteiger partial charge in [0.2, 0.25) is 0 Å². The van der Waals surface area contributed by atoms with E-state index in [1.165, 1.54) is 51.4 Å². The summed E-state index contributed by atoms with van der Waals surface area (Å²) < 4.78 is 0. The normalized spacial score (nSPS) is 30.7. The lowest BCUT2D eigenvalue weighted by Gasteiger charge is -2.25. The van der Waals surface area contributed by atoms with Crippen molar-refractivity contribution in [1.82, 2.24) is 0 Å². The van der Waals surface area contributed by atoms with Gasteiger partial charge < -0.3 is 5.73 Å². The lowest BCUT2D eigenvalue weighted by Crippen LogP contribution is -2.32. The molecule has 2 aliphatic carbocycles. The maximum Gasteiger partial charge on any atom is 0.0131 e. The Hall–Kier alpha value is -1.08. The number of hydrogen-bond donors (Lipinski definition) is 1. The van der Waals surface area contributed by atoms with E-state index in [0.29, 0.717) is 5.92 Å². The monoisotopic (exact) mass is 311 g/mol. The number of unbranched alkanes of at least 4 members (excludes halogenated alkanes) is 1. The first-order chi connectivity index (χ1) is 11.1. The van der Waals surface area contributed by atoms with E-state index < -0.39 is 0 Å². The number of aryl methyl sites for hydroxylation is 1. The molecule has 0 bridgehead atoms. The van der Waals surface area contributed by atoms with Gasteiger partial charge in [-0.05, 0) is 86.8 Å². The second-order valence-corrected chi connectivity index (χ2v) is 8.23. The number of fused-ring (bicyclic) bond motifs is 1. The molecule has 0 aliphatic heterocycles. The highest BCUT2D eigenvalue weighted by atomic mass is 14.7. The maximum absolute atomic E-state index is 6.32. The van der Waals surface area contributed by atoms with Crippen molar-refractivity contribution in [3.63, 3.8) is 0 Å². The van der Waals surface area contributed by atoms with E-state index in [0.717, 1.165) is 12.3 Å². The number of nitrogens with two attached hydrogens (primary N) is 1. The standard InChI is InChI=1S/C22H33N/c1-3-4-5-6-7-17-8-9-19-15-20(11-10-18(19)14-17)21-12-13-22(2,23)16-21/h5-6,10-11,15,17,21H,3-4,7-9,12-14,16,23H2,1-2H3/b6-5-/t17-,21+,22-/m1/s1. The predicted octanol–water partition coefficient (Wildman–Crippen LogP) is 5.52. The fraction of sp³-hybridized carbons (Fsp3) is 0.636. The molecule has 1 aromatic rings. The molecule has 0 aromatic heterocycles. The van der Waals surface area contributed by atoms with Gasteiger partial charge in [-0.15, -0.1) is 0 Å². The zero-order chi connectivity index (χ0) is 16.3. The summed E-state index contributed by atoms with van der Waals surface area (Å²) in [7, 11) is 0. The summed E-state index contributed by atoms with van der Waals surface area (Å²) in [5.74, 6) is 1.53. The molecule has 0 heterocycles. The molecule has 0 saturated heterocycles. The minimum atomic E-state index is 0.0521. The zero-order valence-corrected chi connectivity index (χ0v) is 15.0. The average molecular weight is 312 g/mol. The number of hydrogen-bond acceptors (Lipinski definition) is 1. The van der Waals surface area contributed by atoms with Crippen LogP contribution in [-0.2, 0) is 12.8 Å². The number of allylic oxidation sites excluding steroid dienone is 2. The van der Waals surface area contributed by atoms with Gasteiger partial charge in [0.1, 0.15) is 0 Å². The van der Waals surface area contributed by atoms with E-state index in [1.54, 1.807) is 16.7 Å². The summed E-state index contributed by atoms with van der Waals surface area (Å²) >= 11 is 0. The third kappa shape index (κ3) is 4.26. The van der Waals surface area contributed by atoms with Crippen LogP contribution in [0.25, 0.3) is 0 Å². The molecule has 126 valence electrons. The van der Waals surface area contributed by atoms with E-state index in [9.17, 15) is 0 Å². The van der Waals surface area contributed by atoms with Gasteiger partial charge in [-0.3, -0.25) is 0 Å². The molecule has 2 aliphatic rings. The van der Waals surface area contributed by atoms with Gasteiger partial charge in [0.05, 0.1) is 0 Å². The predicted molar refractivity (Wildman–Crippen MR) is 99.8 cm³/mol. The van der Waals surface area contributed by atoms with Gasteiger partial charge in [-0.1, -0.05) is 43.7 Å². The Balaban J connectivity index is 1.62. The van der Waals surface area contributed by atoms with E-state index in [2.05, 4.69) is 44.2 Å². The minimum Gasteiger partial charge on any atom is -0.325 e. The van der Waals surface area contributed by atoms with Crippen molar-refractivity contribution in [3.8, 4) is 0 Å². The van der Waals surface area contributed by atoms with Crippen molar-refractivity contribution in [1.29, 1.82) is 0 Å². The van der Waals surface area contributed by atoms with Crippen LogP contribution in [0.2, 0.25) is 0 Å². The summed E-state index contributed by atoms with van der Waals surface area (Å²) in [6.45, 7) is 4.46. The Morgan fingerprint density at radius 1 is 1.22 bits per heavy atom. The van der Waals surface area contributed by atoms with E-state index in [4.69, 9.17) is 5.73 Å². The molecule has 1 saturated carbocycles. The third-order valence-corrected chi connectivity index (χ3v) is 5.90. The fourth-order valence-electron chi connectivity index (χ4n) is 4.43. The van der Waals surface area contributed by atoms with Gasteiger partial charge in [0.15, 0.2) is 0 Å². The van der Waals surface area contributed by atoms with Crippen molar-refractivity contribution in [2.45, 2.75) is 83.1 Å². The largest absolute Gasteiger partial charge is 0.325 e. The summed E-state index contributed by atoms with van der Waals surface area (Å²) in [5.41, 5.74) is 11.1.